The Balaban J connectivity index is 1.93. The van der Waals surface area contributed by atoms with Crippen molar-refractivity contribution in [2.24, 2.45) is 0 Å². The van der Waals surface area contributed by atoms with Gasteiger partial charge in [0.1, 0.15) is 5.82 Å². The topological polar surface area (TPSA) is 110 Å². The molecular weight excluding hydrogens is 440 g/mol. The summed E-state index contributed by atoms with van der Waals surface area (Å²) < 4.78 is 26.9. The van der Waals surface area contributed by atoms with Crippen LogP contribution in [0.3, 0.4) is 0 Å². The van der Waals surface area contributed by atoms with Gasteiger partial charge >= 0.3 is 0 Å². The van der Waals surface area contributed by atoms with E-state index in [9.17, 15) is 18.0 Å². The Kier molecular flexibility index (Phi) is 6.77. The SMILES string of the molecule is CCCC(=O)c1cc(C(=O)Nc2cc(Cl)cc(NS(C)(=O)=O)c2)cn1-c1ccccn1. The fourth-order valence-electron chi connectivity index (χ4n) is 2.98. The number of nitrogens with one attached hydrogen (secondary N) is 2. The molecule has 162 valence electrons. The average Bonchev–Trinajstić information content (AvgIpc) is 3.13. The molecule has 0 aliphatic carbocycles. The molecule has 1 amide bonds. The van der Waals surface area contributed by atoms with Gasteiger partial charge in [0.2, 0.25) is 10.0 Å². The number of pyridine rings is 1. The number of benzene rings is 1. The molecule has 31 heavy (non-hydrogen) atoms. The molecule has 8 nitrogen and oxygen atoms in total. The van der Waals surface area contributed by atoms with E-state index in [4.69, 9.17) is 11.6 Å². The van der Waals surface area contributed by atoms with Gasteiger partial charge < -0.3 is 5.32 Å². The molecule has 0 aliphatic heterocycles. The number of rotatable bonds is 8. The van der Waals surface area contributed by atoms with Gasteiger partial charge in [-0.2, -0.15) is 0 Å². The average molecular weight is 461 g/mol. The molecule has 2 heterocycles. The Morgan fingerprint density at radius 3 is 2.52 bits per heavy atom. The van der Waals surface area contributed by atoms with E-state index in [-0.39, 0.29) is 22.1 Å². The van der Waals surface area contributed by atoms with E-state index in [1.54, 1.807) is 35.2 Å². The van der Waals surface area contributed by atoms with Gasteiger partial charge in [-0.1, -0.05) is 24.6 Å². The van der Waals surface area contributed by atoms with Crippen LogP contribution >= 0.6 is 11.6 Å². The van der Waals surface area contributed by atoms with Crippen LogP contribution in [0.25, 0.3) is 5.82 Å². The zero-order valence-corrected chi connectivity index (χ0v) is 18.5. The van der Waals surface area contributed by atoms with Gasteiger partial charge in [0, 0.05) is 29.5 Å². The monoisotopic (exact) mass is 460 g/mol. The maximum atomic E-state index is 12.9. The van der Waals surface area contributed by atoms with Gasteiger partial charge in [-0.25, -0.2) is 13.4 Å². The summed E-state index contributed by atoms with van der Waals surface area (Å²) in [4.78, 5) is 29.7. The van der Waals surface area contributed by atoms with Crippen LogP contribution < -0.4 is 10.0 Å². The lowest BCUT2D eigenvalue weighted by molar-refractivity contribution is 0.0974. The Bertz CT molecular complexity index is 1220. The highest BCUT2D eigenvalue weighted by Crippen LogP contribution is 2.24. The Labute approximate surface area is 185 Å². The molecule has 0 bridgehead atoms. The number of carbonyl (C=O) groups excluding carboxylic acids is 2. The van der Waals surface area contributed by atoms with Crippen LogP contribution in [0.2, 0.25) is 5.02 Å². The number of halogens is 1. The van der Waals surface area contributed by atoms with Crippen molar-refractivity contribution in [2.45, 2.75) is 19.8 Å². The molecular formula is C21H21ClN4O4S. The van der Waals surface area contributed by atoms with Crippen molar-refractivity contribution in [2.75, 3.05) is 16.3 Å². The smallest absolute Gasteiger partial charge is 0.257 e. The summed E-state index contributed by atoms with van der Waals surface area (Å²) >= 11 is 6.05. The fourth-order valence-corrected chi connectivity index (χ4v) is 3.76. The van der Waals surface area contributed by atoms with Crippen LogP contribution in [0.5, 0.6) is 0 Å². The van der Waals surface area contributed by atoms with Gasteiger partial charge in [0.15, 0.2) is 5.78 Å². The van der Waals surface area contributed by atoms with E-state index < -0.39 is 15.9 Å². The van der Waals surface area contributed by atoms with E-state index in [2.05, 4.69) is 15.0 Å². The fraction of sp³-hybridized carbons (Fsp3) is 0.190. The Hall–Kier alpha value is -3.17. The molecule has 3 aromatic rings. The molecule has 0 spiro atoms. The van der Waals surface area contributed by atoms with E-state index >= 15 is 0 Å². The molecule has 1 aromatic carbocycles. The number of ketones is 1. The minimum atomic E-state index is -3.51. The number of sulfonamides is 1. The number of amides is 1. The number of Topliss-reactive ketones (excluding diaryl/α,β-unsaturated/α-hetero) is 1. The van der Waals surface area contributed by atoms with E-state index in [1.165, 1.54) is 24.3 Å². The van der Waals surface area contributed by atoms with Crippen molar-refractivity contribution in [1.82, 2.24) is 9.55 Å². The predicted molar refractivity (Wildman–Crippen MR) is 121 cm³/mol. The normalized spacial score (nSPS) is 11.2. The third kappa shape index (κ3) is 5.93. The maximum Gasteiger partial charge on any atom is 0.257 e. The third-order valence-corrected chi connectivity index (χ3v) is 5.02. The highest BCUT2D eigenvalue weighted by molar-refractivity contribution is 7.92. The molecule has 0 radical (unpaired) electrons. The number of hydrogen-bond donors (Lipinski definition) is 2. The molecule has 2 N–H and O–H groups in total. The molecule has 0 fully saturated rings. The standard InChI is InChI=1S/C21H21ClN4O4S/c1-3-6-19(27)18-9-14(13-26(18)20-7-4-5-8-23-20)21(28)24-16-10-15(22)11-17(12-16)25-31(2,29)30/h4-5,7-13,25H,3,6H2,1-2H3,(H,24,28). The lowest BCUT2D eigenvalue weighted by Crippen LogP contribution is -2.13. The Morgan fingerprint density at radius 1 is 1.13 bits per heavy atom. The molecule has 0 unspecified atom stereocenters. The van der Waals surface area contributed by atoms with Crippen molar-refractivity contribution in [3.8, 4) is 5.82 Å². The minimum absolute atomic E-state index is 0.102. The first-order valence-corrected chi connectivity index (χ1v) is 11.7. The highest BCUT2D eigenvalue weighted by Gasteiger charge is 2.19. The maximum absolute atomic E-state index is 12.9. The first-order valence-electron chi connectivity index (χ1n) is 9.43. The van der Waals surface area contributed by atoms with Crippen molar-refractivity contribution in [3.63, 3.8) is 0 Å². The van der Waals surface area contributed by atoms with Gasteiger partial charge in [0.05, 0.1) is 23.2 Å². The summed E-state index contributed by atoms with van der Waals surface area (Å²) in [5.41, 5.74) is 1.13. The molecule has 0 saturated heterocycles. The summed E-state index contributed by atoms with van der Waals surface area (Å²) in [7, 11) is -3.51. The second-order valence-electron chi connectivity index (χ2n) is 6.90. The number of hydrogen-bond acceptors (Lipinski definition) is 5. The van der Waals surface area contributed by atoms with Gasteiger partial charge in [-0.15, -0.1) is 0 Å². The summed E-state index contributed by atoms with van der Waals surface area (Å²) in [6.45, 7) is 1.90. The predicted octanol–water partition coefficient (Wildman–Crippen LogP) is 4.13. The second-order valence-corrected chi connectivity index (χ2v) is 9.09. The first kappa shape index (κ1) is 22.5. The highest BCUT2D eigenvalue weighted by atomic mass is 35.5. The summed E-state index contributed by atoms with van der Waals surface area (Å²) in [5.74, 6) is -0.0641. The quantitative estimate of drug-likeness (QED) is 0.491. The van der Waals surface area contributed by atoms with E-state index in [1.807, 2.05) is 6.92 Å². The van der Waals surface area contributed by atoms with E-state index in [0.29, 0.717) is 30.0 Å². The van der Waals surface area contributed by atoms with Crippen LogP contribution in [-0.4, -0.2) is 35.9 Å². The number of anilines is 2. The third-order valence-electron chi connectivity index (χ3n) is 4.20. The summed E-state index contributed by atoms with van der Waals surface area (Å²) in [5, 5.41) is 2.93. The van der Waals surface area contributed by atoms with Crippen LogP contribution in [0.4, 0.5) is 11.4 Å². The lowest BCUT2D eigenvalue weighted by atomic mass is 10.1. The number of aromatic nitrogens is 2. The van der Waals surface area contributed by atoms with Crippen LogP contribution in [0.15, 0.2) is 54.9 Å². The summed E-state index contributed by atoms with van der Waals surface area (Å²) in [6, 6.07) is 11.2. The summed E-state index contributed by atoms with van der Waals surface area (Å²) in [6.07, 6.45) is 5.17. The lowest BCUT2D eigenvalue weighted by Gasteiger charge is -2.09. The zero-order valence-electron chi connectivity index (χ0n) is 16.9. The second kappa shape index (κ2) is 9.32. The van der Waals surface area contributed by atoms with Crippen molar-refractivity contribution in [3.05, 3.63) is 71.1 Å². The largest absolute Gasteiger partial charge is 0.322 e. The van der Waals surface area contributed by atoms with E-state index in [0.717, 1.165) is 6.26 Å². The molecule has 10 heteroatoms. The molecule has 0 atom stereocenters. The van der Waals surface area contributed by atoms with Gasteiger partial charge in [0.25, 0.3) is 5.91 Å². The van der Waals surface area contributed by atoms with Crippen molar-refractivity contribution >= 4 is 44.7 Å². The minimum Gasteiger partial charge on any atom is -0.322 e. The van der Waals surface area contributed by atoms with Crippen molar-refractivity contribution in [1.29, 1.82) is 0 Å². The number of nitrogens with zero attached hydrogens (tertiary/aromatic N) is 2. The zero-order chi connectivity index (χ0) is 22.6. The van der Waals surface area contributed by atoms with Crippen LogP contribution in [0, 0.1) is 0 Å². The molecule has 0 saturated carbocycles. The van der Waals surface area contributed by atoms with Gasteiger partial charge in [-0.05, 0) is 42.8 Å². The molecule has 3 rings (SSSR count). The van der Waals surface area contributed by atoms with Crippen molar-refractivity contribution < 1.29 is 18.0 Å². The van der Waals surface area contributed by atoms with Crippen LogP contribution in [0.1, 0.15) is 40.6 Å². The molecule has 0 aliphatic rings. The van der Waals surface area contributed by atoms with Crippen LogP contribution in [-0.2, 0) is 10.0 Å². The van der Waals surface area contributed by atoms with Gasteiger partial charge in [-0.3, -0.25) is 18.9 Å². The molecule has 2 aromatic heterocycles. The Morgan fingerprint density at radius 2 is 1.87 bits per heavy atom. The first-order chi connectivity index (χ1) is 14.7. The number of carbonyl (C=O) groups is 2.